The van der Waals surface area contributed by atoms with Gasteiger partial charge in [0.15, 0.2) is 17.6 Å². The molecular formula is C22H29N5O4. The first-order chi connectivity index (χ1) is 14.9. The first kappa shape index (κ1) is 22.8. The highest BCUT2D eigenvalue weighted by Crippen LogP contribution is 2.30. The predicted molar refractivity (Wildman–Crippen MR) is 117 cm³/mol. The van der Waals surface area contributed by atoms with Crippen molar-refractivity contribution in [2.24, 2.45) is 5.92 Å². The monoisotopic (exact) mass is 427 g/mol. The Morgan fingerprint density at radius 2 is 2.16 bits per heavy atom. The summed E-state index contributed by atoms with van der Waals surface area (Å²) >= 11 is 0. The first-order valence-electron chi connectivity index (χ1n) is 10.6. The maximum Gasteiger partial charge on any atom is 0.264 e. The van der Waals surface area contributed by atoms with Crippen LogP contribution in [0.3, 0.4) is 0 Å². The summed E-state index contributed by atoms with van der Waals surface area (Å²) in [6.45, 7) is 4.43. The van der Waals surface area contributed by atoms with Crippen molar-refractivity contribution in [3.05, 3.63) is 16.0 Å². The van der Waals surface area contributed by atoms with Gasteiger partial charge in [-0.1, -0.05) is 19.8 Å². The third-order valence-corrected chi connectivity index (χ3v) is 4.98. The second kappa shape index (κ2) is 10.5. The minimum absolute atomic E-state index is 0.226. The number of hydrogen-bond donors (Lipinski definition) is 4. The van der Waals surface area contributed by atoms with Crippen LogP contribution in [0.15, 0.2) is 4.79 Å². The molecule has 0 amide bonds. The lowest BCUT2D eigenvalue weighted by Gasteiger charge is -2.13. The Morgan fingerprint density at radius 1 is 1.39 bits per heavy atom. The van der Waals surface area contributed by atoms with E-state index in [0.29, 0.717) is 42.6 Å². The quantitative estimate of drug-likeness (QED) is 0.370. The fraction of sp³-hybridized carbons (Fsp3) is 0.591. The standard InChI is InChI=1S/C22H29N5O4/c1-4-5-6-7-8-9-10-15-19-20(24-22(25-21(19)30)23-12-14(2)3)27(26-15)18-11-16(29)17(13-28)31-18/h1,14,16-18,28-29H,5-8,11-13H2,2-3H3,(H2,23,24,25,30)/t16-,17+,18+/m0/s1. The number of nitrogens with one attached hydrogen (secondary N) is 2. The fourth-order valence-corrected chi connectivity index (χ4v) is 3.33. The number of fused-ring (bicyclic) bond motifs is 1. The molecule has 3 atom stereocenters. The lowest BCUT2D eigenvalue weighted by Crippen LogP contribution is -2.24. The number of aromatic nitrogens is 4. The number of rotatable bonds is 8. The van der Waals surface area contributed by atoms with E-state index in [9.17, 15) is 15.0 Å². The van der Waals surface area contributed by atoms with Gasteiger partial charge in [0.1, 0.15) is 11.5 Å². The zero-order chi connectivity index (χ0) is 22.4. The molecule has 31 heavy (non-hydrogen) atoms. The highest BCUT2D eigenvalue weighted by molar-refractivity contribution is 5.81. The van der Waals surface area contributed by atoms with E-state index in [0.717, 1.165) is 12.8 Å². The normalized spacial score (nSPS) is 20.6. The molecule has 0 saturated carbocycles. The van der Waals surface area contributed by atoms with Crippen LogP contribution < -0.4 is 10.9 Å². The highest BCUT2D eigenvalue weighted by Gasteiger charge is 2.36. The molecule has 4 N–H and O–H groups in total. The molecule has 1 fully saturated rings. The maximum atomic E-state index is 12.8. The topological polar surface area (TPSA) is 125 Å². The maximum absolute atomic E-state index is 12.8. The van der Waals surface area contributed by atoms with E-state index in [1.54, 1.807) is 0 Å². The summed E-state index contributed by atoms with van der Waals surface area (Å²) in [4.78, 5) is 20.1. The molecule has 1 aliphatic rings. The molecule has 1 aliphatic heterocycles. The Bertz CT molecular complexity index is 1060. The van der Waals surface area contributed by atoms with E-state index in [1.807, 2.05) is 13.8 Å². The van der Waals surface area contributed by atoms with Gasteiger partial charge in [-0.25, -0.2) is 4.68 Å². The van der Waals surface area contributed by atoms with Crippen molar-refractivity contribution in [2.45, 2.75) is 64.4 Å². The van der Waals surface area contributed by atoms with E-state index in [-0.39, 0.29) is 24.0 Å². The number of unbranched alkanes of at least 4 members (excludes halogenated alkanes) is 3. The van der Waals surface area contributed by atoms with Crippen LogP contribution in [0, 0.1) is 30.1 Å². The minimum atomic E-state index is -0.833. The molecule has 2 aromatic heterocycles. The van der Waals surface area contributed by atoms with Crippen LogP contribution >= 0.6 is 0 Å². The van der Waals surface area contributed by atoms with Crippen molar-refractivity contribution in [1.29, 1.82) is 0 Å². The van der Waals surface area contributed by atoms with Gasteiger partial charge in [-0.15, -0.1) is 12.3 Å². The number of anilines is 1. The third-order valence-electron chi connectivity index (χ3n) is 4.98. The van der Waals surface area contributed by atoms with E-state index in [4.69, 9.17) is 11.2 Å². The van der Waals surface area contributed by atoms with Crippen LogP contribution in [0.2, 0.25) is 0 Å². The number of H-pyrrole nitrogens is 1. The van der Waals surface area contributed by atoms with E-state index < -0.39 is 18.4 Å². The lowest BCUT2D eigenvalue weighted by atomic mass is 10.2. The zero-order valence-electron chi connectivity index (χ0n) is 17.9. The van der Waals surface area contributed by atoms with E-state index >= 15 is 0 Å². The van der Waals surface area contributed by atoms with Crippen LogP contribution in [0.5, 0.6) is 0 Å². The van der Waals surface area contributed by atoms with Gasteiger partial charge < -0.3 is 20.3 Å². The number of ether oxygens (including phenoxy) is 1. The van der Waals surface area contributed by atoms with Gasteiger partial charge in [0, 0.05) is 25.8 Å². The van der Waals surface area contributed by atoms with Gasteiger partial charge in [0.05, 0.1) is 12.7 Å². The third kappa shape index (κ3) is 5.45. The SMILES string of the molecule is C#CCCCCC#Cc1nn([C@H]2C[C@H](O)[C@@H](CO)O2)c2nc(NCC(C)C)[nH]c(=O)c12. The molecule has 0 aromatic carbocycles. The van der Waals surface area contributed by atoms with Crippen molar-refractivity contribution < 1.29 is 14.9 Å². The number of aliphatic hydroxyl groups excluding tert-OH is 2. The van der Waals surface area contributed by atoms with Crippen LogP contribution in [-0.2, 0) is 4.74 Å². The average Bonchev–Trinajstić information content (AvgIpc) is 3.29. The molecule has 0 aliphatic carbocycles. The van der Waals surface area contributed by atoms with Crippen molar-refractivity contribution in [3.63, 3.8) is 0 Å². The summed E-state index contributed by atoms with van der Waals surface area (Å²) in [6.07, 6.45) is 6.39. The van der Waals surface area contributed by atoms with Gasteiger partial charge in [0.2, 0.25) is 5.95 Å². The molecule has 9 nitrogen and oxygen atoms in total. The minimum Gasteiger partial charge on any atom is -0.394 e. The Morgan fingerprint density at radius 3 is 2.84 bits per heavy atom. The first-order valence-corrected chi connectivity index (χ1v) is 10.6. The van der Waals surface area contributed by atoms with Crippen molar-refractivity contribution in [3.8, 4) is 24.2 Å². The summed E-state index contributed by atoms with van der Waals surface area (Å²) in [5.74, 6) is 9.31. The molecule has 3 heterocycles. The largest absolute Gasteiger partial charge is 0.394 e. The Labute approximate surface area is 181 Å². The molecule has 0 spiro atoms. The fourth-order valence-electron chi connectivity index (χ4n) is 3.33. The molecule has 166 valence electrons. The number of terminal acetylenes is 1. The summed E-state index contributed by atoms with van der Waals surface area (Å²) in [5, 5.41) is 27.4. The van der Waals surface area contributed by atoms with Gasteiger partial charge >= 0.3 is 0 Å². The Kier molecular flexibility index (Phi) is 7.69. The predicted octanol–water partition coefficient (Wildman–Crippen LogP) is 1.37. The summed E-state index contributed by atoms with van der Waals surface area (Å²) in [6, 6.07) is 0. The second-order valence-electron chi connectivity index (χ2n) is 8.01. The molecule has 2 aromatic rings. The number of aromatic amines is 1. The molecular weight excluding hydrogens is 398 g/mol. The summed E-state index contributed by atoms with van der Waals surface area (Å²) < 4.78 is 7.22. The Hall–Kier alpha value is -2.85. The second-order valence-corrected chi connectivity index (χ2v) is 8.01. The van der Waals surface area contributed by atoms with E-state index in [1.165, 1.54) is 4.68 Å². The van der Waals surface area contributed by atoms with Gasteiger partial charge in [-0.2, -0.15) is 10.1 Å². The Balaban J connectivity index is 1.97. The number of hydrogen-bond acceptors (Lipinski definition) is 7. The summed E-state index contributed by atoms with van der Waals surface area (Å²) in [7, 11) is 0. The molecule has 1 saturated heterocycles. The highest BCUT2D eigenvalue weighted by atomic mass is 16.5. The average molecular weight is 428 g/mol. The zero-order valence-corrected chi connectivity index (χ0v) is 17.9. The van der Waals surface area contributed by atoms with Crippen LogP contribution in [-0.4, -0.2) is 55.3 Å². The van der Waals surface area contributed by atoms with Crippen LogP contribution in [0.4, 0.5) is 5.95 Å². The number of nitrogens with zero attached hydrogens (tertiary/aromatic N) is 3. The molecule has 9 heteroatoms. The molecule has 0 unspecified atom stereocenters. The van der Waals surface area contributed by atoms with Crippen LogP contribution in [0.1, 0.15) is 57.9 Å². The number of aliphatic hydroxyl groups is 2. The van der Waals surface area contributed by atoms with Crippen molar-refractivity contribution >= 4 is 17.0 Å². The molecule has 0 bridgehead atoms. The van der Waals surface area contributed by atoms with Crippen LogP contribution in [0.25, 0.3) is 11.0 Å². The smallest absolute Gasteiger partial charge is 0.264 e. The van der Waals surface area contributed by atoms with Crippen molar-refractivity contribution in [2.75, 3.05) is 18.5 Å². The van der Waals surface area contributed by atoms with Gasteiger partial charge in [-0.05, 0) is 24.7 Å². The van der Waals surface area contributed by atoms with Crippen molar-refractivity contribution in [1.82, 2.24) is 19.7 Å². The lowest BCUT2D eigenvalue weighted by molar-refractivity contribution is -0.0470. The molecule has 0 radical (unpaired) electrons. The van der Waals surface area contributed by atoms with Gasteiger partial charge in [-0.3, -0.25) is 9.78 Å². The van der Waals surface area contributed by atoms with E-state index in [2.05, 4.69) is 38.1 Å². The van der Waals surface area contributed by atoms with Gasteiger partial charge in [0.25, 0.3) is 5.56 Å². The molecule has 3 rings (SSSR count). The summed E-state index contributed by atoms with van der Waals surface area (Å²) in [5.41, 5.74) is 0.278.